The minimum Gasteiger partial charge on any atom is -0.421 e. The van der Waals surface area contributed by atoms with Crippen LogP contribution in [0.3, 0.4) is 0 Å². The Kier molecular flexibility index (Phi) is 4.59. The van der Waals surface area contributed by atoms with Crippen LogP contribution < -0.4 is 0 Å². The number of cyclic esters (lactones) is 1. The first-order valence-electron chi connectivity index (χ1n) is 9.55. The van der Waals surface area contributed by atoms with E-state index in [0.29, 0.717) is 33.4 Å². The monoisotopic (exact) mass is 425 g/mol. The van der Waals surface area contributed by atoms with Crippen LogP contribution in [0.2, 0.25) is 0 Å². The van der Waals surface area contributed by atoms with E-state index >= 15 is 0 Å². The molecule has 2 heterocycles. The molecule has 0 amide bonds. The largest absolute Gasteiger partial charge is 0.421 e. The molecule has 1 aliphatic heterocycles. The first-order chi connectivity index (χ1) is 15.1. The van der Waals surface area contributed by atoms with Gasteiger partial charge in [-0.3, -0.25) is 0 Å². The summed E-state index contributed by atoms with van der Waals surface area (Å²) in [5.74, 6) is -2.49. The number of aliphatic hydroxyl groups is 1. The molecule has 3 aromatic carbocycles. The Morgan fingerprint density at radius 3 is 2.48 bits per heavy atom. The minimum atomic E-state index is -1.89. The van der Waals surface area contributed by atoms with E-state index in [1.807, 2.05) is 18.2 Å². The summed E-state index contributed by atoms with van der Waals surface area (Å²) in [6.45, 7) is 0. The highest BCUT2D eigenvalue weighted by atomic mass is 32.1. The summed E-state index contributed by atoms with van der Waals surface area (Å²) in [6, 6.07) is 23.4. The zero-order chi connectivity index (χ0) is 21.4. The molecular formula is C24H15N3O3S. The first kappa shape index (κ1) is 19.1. The van der Waals surface area contributed by atoms with E-state index in [0.717, 1.165) is 22.8 Å². The van der Waals surface area contributed by atoms with Gasteiger partial charge in [-0.1, -0.05) is 48.5 Å². The van der Waals surface area contributed by atoms with Crippen molar-refractivity contribution < 1.29 is 14.6 Å². The summed E-state index contributed by atoms with van der Waals surface area (Å²) in [5, 5.41) is 20.6. The van der Waals surface area contributed by atoms with Gasteiger partial charge in [-0.2, -0.15) is 14.0 Å². The van der Waals surface area contributed by atoms with Crippen molar-refractivity contribution in [2.75, 3.05) is 0 Å². The molecule has 0 aliphatic carbocycles. The Bertz CT molecular complexity index is 1370. The van der Waals surface area contributed by atoms with Crippen LogP contribution in [0.4, 0.5) is 0 Å². The molecule has 5 rings (SSSR count). The zero-order valence-electron chi connectivity index (χ0n) is 16.1. The number of fused-ring (bicyclic) bond motifs is 1. The number of rotatable bonds is 4. The van der Waals surface area contributed by atoms with Crippen molar-refractivity contribution in [2.24, 2.45) is 0 Å². The molecule has 31 heavy (non-hydrogen) atoms. The van der Waals surface area contributed by atoms with Crippen LogP contribution in [-0.4, -0.2) is 19.8 Å². The molecule has 1 atom stereocenters. The zero-order valence-corrected chi connectivity index (χ0v) is 17.0. The molecule has 0 saturated carbocycles. The molecule has 4 aromatic rings. The number of nitriles is 1. The molecule has 0 fully saturated rings. The number of hydrogen-bond acceptors (Lipinski definition) is 7. The van der Waals surface area contributed by atoms with Crippen LogP contribution in [0.15, 0.2) is 78.4 Å². The number of ether oxygens (including phenoxy) is 1. The molecule has 1 aliphatic rings. The highest BCUT2D eigenvalue weighted by molar-refractivity contribution is 7.00. The Hall–Kier alpha value is -3.86. The van der Waals surface area contributed by atoms with E-state index in [9.17, 15) is 9.90 Å². The molecule has 1 aromatic heterocycles. The third-order valence-electron chi connectivity index (χ3n) is 5.33. The van der Waals surface area contributed by atoms with Gasteiger partial charge >= 0.3 is 5.97 Å². The summed E-state index contributed by atoms with van der Waals surface area (Å²) in [6.07, 6.45) is 0.269. The van der Waals surface area contributed by atoms with Crippen LogP contribution in [0.25, 0.3) is 16.6 Å². The second-order valence-corrected chi connectivity index (χ2v) is 7.73. The highest BCUT2D eigenvalue weighted by Gasteiger charge is 2.48. The van der Waals surface area contributed by atoms with E-state index in [-0.39, 0.29) is 6.42 Å². The normalized spacial score (nSPS) is 18.3. The van der Waals surface area contributed by atoms with Crippen molar-refractivity contribution in [1.82, 2.24) is 8.75 Å². The molecule has 150 valence electrons. The quantitative estimate of drug-likeness (QED) is 0.497. The van der Waals surface area contributed by atoms with Crippen LogP contribution >= 0.6 is 11.7 Å². The lowest BCUT2D eigenvalue weighted by molar-refractivity contribution is -0.185. The summed E-state index contributed by atoms with van der Waals surface area (Å²) in [5.41, 5.74) is 4.64. The van der Waals surface area contributed by atoms with Crippen LogP contribution in [0.5, 0.6) is 0 Å². The standard InChI is InChI=1S/C24H15N3O3S/c25-14-16-8-6-15(7-9-16)12-19-22(17-10-11-20-21(13-17)27-31-26-20)23(28)30-24(19,29)18-4-2-1-3-5-18/h1-11,13,29H,12H2. The first-order valence-corrected chi connectivity index (χ1v) is 10.3. The Morgan fingerprint density at radius 2 is 1.74 bits per heavy atom. The minimum absolute atomic E-state index is 0.269. The smallest absolute Gasteiger partial charge is 0.342 e. The van der Waals surface area contributed by atoms with Crippen molar-refractivity contribution in [3.05, 3.63) is 101 Å². The van der Waals surface area contributed by atoms with Crippen LogP contribution in [0, 0.1) is 11.3 Å². The van der Waals surface area contributed by atoms with E-state index in [1.54, 1.807) is 54.6 Å². The lowest BCUT2D eigenvalue weighted by Gasteiger charge is -2.25. The average molecular weight is 425 g/mol. The van der Waals surface area contributed by atoms with Gasteiger partial charge in [0.2, 0.25) is 0 Å². The van der Waals surface area contributed by atoms with Gasteiger partial charge in [0, 0.05) is 17.6 Å². The predicted molar refractivity (Wildman–Crippen MR) is 116 cm³/mol. The van der Waals surface area contributed by atoms with Gasteiger partial charge in [0.05, 0.1) is 28.9 Å². The maximum Gasteiger partial charge on any atom is 0.342 e. The second kappa shape index (κ2) is 7.43. The van der Waals surface area contributed by atoms with Gasteiger partial charge in [-0.15, -0.1) is 0 Å². The van der Waals surface area contributed by atoms with Crippen LogP contribution in [-0.2, 0) is 21.7 Å². The third-order valence-corrected chi connectivity index (χ3v) is 5.88. The Morgan fingerprint density at radius 1 is 1.00 bits per heavy atom. The molecule has 0 spiro atoms. The number of carbonyl (C=O) groups is 1. The number of carbonyl (C=O) groups excluding carboxylic acids is 1. The summed E-state index contributed by atoms with van der Waals surface area (Å²) < 4.78 is 14.1. The van der Waals surface area contributed by atoms with Gasteiger partial charge < -0.3 is 9.84 Å². The number of aromatic nitrogens is 2. The fraction of sp³-hybridized carbons (Fsp3) is 0.0833. The van der Waals surface area contributed by atoms with E-state index in [1.165, 1.54) is 0 Å². The van der Waals surface area contributed by atoms with Crippen molar-refractivity contribution in [2.45, 2.75) is 12.2 Å². The molecule has 7 heteroatoms. The summed E-state index contributed by atoms with van der Waals surface area (Å²) in [4.78, 5) is 13.0. The third kappa shape index (κ3) is 3.28. The second-order valence-electron chi connectivity index (χ2n) is 7.21. The van der Waals surface area contributed by atoms with Crippen molar-refractivity contribution >= 4 is 34.3 Å². The number of benzene rings is 3. The van der Waals surface area contributed by atoms with Crippen molar-refractivity contribution in [3.8, 4) is 6.07 Å². The molecule has 1 N–H and O–H groups in total. The SMILES string of the molecule is N#Cc1ccc(CC2=C(c3ccc4nsnc4c3)C(=O)OC2(O)c2ccccc2)cc1. The fourth-order valence-electron chi connectivity index (χ4n) is 3.78. The van der Waals surface area contributed by atoms with E-state index in [2.05, 4.69) is 14.8 Å². The molecule has 0 radical (unpaired) electrons. The van der Waals surface area contributed by atoms with Crippen molar-refractivity contribution in [1.29, 1.82) is 5.26 Å². The maximum absolute atomic E-state index is 13.0. The molecule has 0 bridgehead atoms. The van der Waals surface area contributed by atoms with Gasteiger partial charge in [0.25, 0.3) is 5.79 Å². The summed E-state index contributed by atoms with van der Waals surface area (Å²) in [7, 11) is 0. The van der Waals surface area contributed by atoms with E-state index < -0.39 is 11.8 Å². The molecular weight excluding hydrogens is 410 g/mol. The summed E-state index contributed by atoms with van der Waals surface area (Å²) >= 11 is 1.10. The molecule has 6 nitrogen and oxygen atoms in total. The lowest BCUT2D eigenvalue weighted by Crippen LogP contribution is -2.29. The predicted octanol–water partition coefficient (Wildman–Crippen LogP) is 3.96. The molecule has 1 unspecified atom stereocenters. The van der Waals surface area contributed by atoms with E-state index in [4.69, 9.17) is 10.00 Å². The van der Waals surface area contributed by atoms with Crippen molar-refractivity contribution in [3.63, 3.8) is 0 Å². The van der Waals surface area contributed by atoms with Crippen LogP contribution in [0.1, 0.15) is 22.3 Å². The van der Waals surface area contributed by atoms with Gasteiger partial charge in [0.15, 0.2) is 0 Å². The fourth-order valence-corrected chi connectivity index (χ4v) is 4.29. The van der Waals surface area contributed by atoms with Gasteiger partial charge in [0.1, 0.15) is 11.0 Å². The topological polar surface area (TPSA) is 96.1 Å². The average Bonchev–Trinajstić information content (AvgIpc) is 3.37. The number of nitrogens with zero attached hydrogens (tertiary/aromatic N) is 3. The number of hydrogen-bond donors (Lipinski definition) is 1. The van der Waals surface area contributed by atoms with Gasteiger partial charge in [-0.05, 0) is 35.4 Å². The Balaban J connectivity index is 1.69. The Labute approximate surface area is 182 Å². The molecule has 0 saturated heterocycles. The lowest BCUT2D eigenvalue weighted by atomic mass is 9.88. The number of esters is 1. The maximum atomic E-state index is 13.0. The van der Waals surface area contributed by atoms with Gasteiger partial charge in [-0.25, -0.2) is 4.79 Å². The highest BCUT2D eigenvalue weighted by Crippen LogP contribution is 2.44.